The zero-order valence-corrected chi connectivity index (χ0v) is 7.58. The van der Waals surface area contributed by atoms with Crippen LogP contribution in [-0.2, 0) is 9.53 Å². The first kappa shape index (κ1) is 8.44. The molecule has 1 aromatic rings. The summed E-state index contributed by atoms with van der Waals surface area (Å²) in [4.78, 5) is 10.8. The van der Waals surface area contributed by atoms with Gasteiger partial charge in [-0.3, -0.25) is 4.79 Å². The Labute approximate surface area is 79.7 Å². The molecule has 3 nitrogen and oxygen atoms in total. The number of aromatic hydroxyl groups is 1. The maximum Gasteiger partial charge on any atom is 0.317 e. The first-order valence-corrected chi connectivity index (χ1v) is 4.91. The van der Waals surface area contributed by atoms with Crippen molar-refractivity contribution in [2.45, 2.75) is 5.44 Å². The lowest BCUT2D eigenvalue weighted by Crippen LogP contribution is -1.98. The van der Waals surface area contributed by atoms with Crippen LogP contribution in [0.25, 0.3) is 0 Å². The second kappa shape index (κ2) is 3.30. The topological polar surface area (TPSA) is 46.5 Å². The number of carbonyl (C=O) groups excluding carboxylic acids is 1. The van der Waals surface area contributed by atoms with E-state index >= 15 is 0 Å². The monoisotopic (exact) mass is 196 g/mol. The van der Waals surface area contributed by atoms with Crippen LogP contribution in [0.15, 0.2) is 24.3 Å². The van der Waals surface area contributed by atoms with Gasteiger partial charge in [-0.1, -0.05) is 18.2 Å². The number of thioether (sulfide) groups is 1. The molecule has 1 aromatic carbocycles. The standard InChI is InChI=1S/C9H8O3S/c10-7-4-2-1-3-6(7)9-12-8(11)5-13-9/h1-4,9-10H,5H2/t9-/m0/s1. The van der Waals surface area contributed by atoms with E-state index in [1.165, 1.54) is 11.8 Å². The number of rotatable bonds is 1. The number of ether oxygens (including phenoxy) is 1. The molecule has 2 rings (SSSR count). The maximum atomic E-state index is 10.8. The highest BCUT2D eigenvalue weighted by Gasteiger charge is 2.27. The molecule has 13 heavy (non-hydrogen) atoms. The van der Waals surface area contributed by atoms with Gasteiger partial charge in [-0.25, -0.2) is 0 Å². The highest BCUT2D eigenvalue weighted by molar-refractivity contribution is 8.00. The molecule has 68 valence electrons. The zero-order chi connectivity index (χ0) is 9.26. The Morgan fingerprint density at radius 1 is 1.46 bits per heavy atom. The summed E-state index contributed by atoms with van der Waals surface area (Å²) in [7, 11) is 0. The van der Waals surface area contributed by atoms with Crippen LogP contribution in [-0.4, -0.2) is 16.8 Å². The lowest BCUT2D eigenvalue weighted by Gasteiger charge is -2.09. The average molecular weight is 196 g/mol. The van der Waals surface area contributed by atoms with E-state index in [9.17, 15) is 9.90 Å². The van der Waals surface area contributed by atoms with Gasteiger partial charge in [0.1, 0.15) is 5.75 Å². The van der Waals surface area contributed by atoms with E-state index < -0.39 is 0 Å². The quantitative estimate of drug-likeness (QED) is 0.694. The van der Waals surface area contributed by atoms with E-state index in [1.807, 2.05) is 6.07 Å². The third-order valence-corrected chi connectivity index (χ3v) is 2.84. The summed E-state index contributed by atoms with van der Waals surface area (Å²) >= 11 is 1.39. The van der Waals surface area contributed by atoms with Gasteiger partial charge in [-0.05, 0) is 6.07 Å². The fourth-order valence-electron chi connectivity index (χ4n) is 1.17. The van der Waals surface area contributed by atoms with Crippen molar-refractivity contribution in [2.75, 3.05) is 5.75 Å². The van der Waals surface area contributed by atoms with E-state index in [2.05, 4.69) is 0 Å². The maximum absolute atomic E-state index is 10.8. The van der Waals surface area contributed by atoms with Crippen molar-refractivity contribution in [3.8, 4) is 5.75 Å². The summed E-state index contributed by atoms with van der Waals surface area (Å²) in [6.07, 6.45) is 0. The van der Waals surface area contributed by atoms with E-state index in [0.29, 0.717) is 11.3 Å². The minimum atomic E-state index is -0.339. The van der Waals surface area contributed by atoms with Crippen molar-refractivity contribution in [1.29, 1.82) is 0 Å². The number of para-hydroxylation sites is 1. The molecule has 1 aliphatic heterocycles. The largest absolute Gasteiger partial charge is 0.507 e. The Morgan fingerprint density at radius 2 is 2.23 bits per heavy atom. The van der Waals surface area contributed by atoms with E-state index in [-0.39, 0.29) is 17.2 Å². The molecule has 0 aromatic heterocycles. The second-order valence-corrected chi connectivity index (χ2v) is 3.74. The number of carbonyl (C=O) groups is 1. The van der Waals surface area contributed by atoms with Crippen LogP contribution in [0, 0.1) is 0 Å². The van der Waals surface area contributed by atoms with Crippen LogP contribution in [0.1, 0.15) is 11.0 Å². The van der Waals surface area contributed by atoms with Crippen molar-refractivity contribution in [3.63, 3.8) is 0 Å². The van der Waals surface area contributed by atoms with Crippen molar-refractivity contribution >= 4 is 17.7 Å². The predicted octanol–water partition coefficient (Wildman–Crippen LogP) is 1.68. The van der Waals surface area contributed by atoms with Crippen LogP contribution < -0.4 is 0 Å². The third kappa shape index (κ3) is 1.62. The smallest absolute Gasteiger partial charge is 0.317 e. The summed E-state index contributed by atoms with van der Waals surface area (Å²) < 4.78 is 4.99. The average Bonchev–Trinajstić information content (AvgIpc) is 2.53. The molecular formula is C9H8O3S. The number of hydrogen-bond acceptors (Lipinski definition) is 4. The fourth-order valence-corrected chi connectivity index (χ4v) is 2.08. The second-order valence-electron chi connectivity index (χ2n) is 2.69. The number of esters is 1. The number of benzene rings is 1. The van der Waals surface area contributed by atoms with Crippen molar-refractivity contribution in [2.24, 2.45) is 0 Å². The van der Waals surface area contributed by atoms with Gasteiger partial charge in [-0.15, -0.1) is 11.8 Å². The molecule has 1 heterocycles. The van der Waals surface area contributed by atoms with Crippen LogP contribution in [0.5, 0.6) is 5.75 Å². The molecule has 0 bridgehead atoms. The fraction of sp³-hybridized carbons (Fsp3) is 0.222. The molecule has 1 atom stereocenters. The summed E-state index contributed by atoms with van der Waals surface area (Å²) in [5, 5.41) is 9.45. The van der Waals surface area contributed by atoms with Gasteiger partial charge in [0.15, 0.2) is 5.44 Å². The SMILES string of the molecule is O=C1CS[C@@H](c2ccccc2O)O1. The first-order chi connectivity index (χ1) is 6.27. The van der Waals surface area contributed by atoms with E-state index in [1.54, 1.807) is 18.2 Å². The molecule has 0 aliphatic carbocycles. The molecule has 4 heteroatoms. The van der Waals surface area contributed by atoms with Crippen LogP contribution in [0.3, 0.4) is 0 Å². The first-order valence-electron chi connectivity index (χ1n) is 3.86. The Kier molecular flexibility index (Phi) is 2.14. The van der Waals surface area contributed by atoms with E-state index in [4.69, 9.17) is 4.74 Å². The van der Waals surface area contributed by atoms with Gasteiger partial charge in [-0.2, -0.15) is 0 Å². The highest BCUT2D eigenvalue weighted by atomic mass is 32.2. The molecule has 0 amide bonds. The third-order valence-electron chi connectivity index (χ3n) is 1.78. The number of cyclic esters (lactones) is 1. The summed E-state index contributed by atoms with van der Waals surface area (Å²) in [5.41, 5.74) is 0.326. The zero-order valence-electron chi connectivity index (χ0n) is 6.77. The number of phenols is 1. The summed E-state index contributed by atoms with van der Waals surface area (Å²) in [6.45, 7) is 0. The minimum absolute atomic E-state index is 0.176. The summed E-state index contributed by atoms with van der Waals surface area (Å²) in [6, 6.07) is 6.88. The van der Waals surface area contributed by atoms with Crippen LogP contribution >= 0.6 is 11.8 Å². The van der Waals surface area contributed by atoms with Crippen molar-refractivity contribution < 1.29 is 14.6 Å². The Hall–Kier alpha value is -1.16. The lowest BCUT2D eigenvalue weighted by atomic mass is 10.2. The molecule has 1 N–H and O–H groups in total. The molecule has 0 unspecified atom stereocenters. The van der Waals surface area contributed by atoms with Gasteiger partial charge in [0.25, 0.3) is 0 Å². The molecule has 0 saturated carbocycles. The molecule has 0 spiro atoms. The molecule has 1 saturated heterocycles. The Morgan fingerprint density at radius 3 is 2.85 bits per heavy atom. The highest BCUT2D eigenvalue weighted by Crippen LogP contribution is 2.39. The van der Waals surface area contributed by atoms with Gasteiger partial charge >= 0.3 is 5.97 Å². The van der Waals surface area contributed by atoms with Crippen molar-refractivity contribution in [1.82, 2.24) is 0 Å². The van der Waals surface area contributed by atoms with Gasteiger partial charge in [0.2, 0.25) is 0 Å². The van der Waals surface area contributed by atoms with Crippen molar-refractivity contribution in [3.05, 3.63) is 29.8 Å². The number of hydrogen-bond donors (Lipinski definition) is 1. The predicted molar refractivity (Wildman–Crippen MR) is 49.4 cm³/mol. The van der Waals surface area contributed by atoms with E-state index in [0.717, 1.165) is 0 Å². The summed E-state index contributed by atoms with van der Waals surface area (Å²) in [5.74, 6) is 0.312. The van der Waals surface area contributed by atoms with Crippen LogP contribution in [0.2, 0.25) is 0 Å². The van der Waals surface area contributed by atoms with Gasteiger partial charge in [0.05, 0.1) is 5.75 Å². The van der Waals surface area contributed by atoms with Gasteiger partial charge in [0, 0.05) is 5.56 Å². The Bertz CT molecular complexity index is 337. The molecular weight excluding hydrogens is 188 g/mol. The van der Waals surface area contributed by atoms with Crippen LogP contribution in [0.4, 0.5) is 0 Å². The van der Waals surface area contributed by atoms with Gasteiger partial charge < -0.3 is 9.84 Å². The minimum Gasteiger partial charge on any atom is -0.507 e. The molecule has 0 radical (unpaired) electrons. The normalized spacial score (nSPS) is 21.5. The lowest BCUT2D eigenvalue weighted by molar-refractivity contribution is -0.140. The number of phenolic OH excluding ortho intramolecular Hbond substituents is 1. The molecule has 1 aliphatic rings. The Balaban J connectivity index is 2.26. The molecule has 1 fully saturated rings.